The molecule has 2 atom stereocenters. The van der Waals surface area contributed by atoms with Crippen molar-refractivity contribution in [2.75, 3.05) is 26.9 Å². The van der Waals surface area contributed by atoms with Crippen molar-refractivity contribution in [1.29, 1.82) is 0 Å². The molecule has 7 nitrogen and oxygen atoms in total. The number of rotatable bonds is 33. The second kappa shape index (κ2) is 46.8. The van der Waals surface area contributed by atoms with Crippen molar-refractivity contribution in [2.24, 2.45) is 10.8 Å². The molecule has 0 amide bonds. The molecule has 0 aromatic rings. The number of esters is 1. The second-order valence-electron chi connectivity index (χ2n) is 20.0. The Labute approximate surface area is 430 Å². The van der Waals surface area contributed by atoms with E-state index in [0.717, 1.165) is 104 Å². The molecule has 1 N–H and O–H groups in total. The van der Waals surface area contributed by atoms with E-state index in [1.54, 1.807) is 0 Å². The van der Waals surface area contributed by atoms with Gasteiger partial charge >= 0.3 is 43.3 Å². The second-order valence-corrected chi connectivity index (χ2v) is 20.0. The SMILES string of the molecule is CB=O.CB=O.[2H]CC(CC(=O)OC)OC/C=C(/C)CC/C=C/C(C)(C)CCC(=C)C/C=C(\C)CCC=C(C)C.[2H]CC(CO)OC/C=C(/C)CC/C=C/C(C)(C)CCC(=C)C/C=C(\C)CCC=C(C)C. The Hall–Kier alpha value is -3.52. The first-order valence-corrected chi connectivity index (χ1v) is 25.3. The van der Waals surface area contributed by atoms with E-state index in [0.29, 0.717) is 13.2 Å². The van der Waals surface area contributed by atoms with E-state index in [1.807, 2.05) is 6.08 Å². The van der Waals surface area contributed by atoms with E-state index >= 15 is 0 Å². The maximum atomic E-state index is 11.3. The van der Waals surface area contributed by atoms with Crippen LogP contribution in [0.15, 0.2) is 119 Å². The van der Waals surface area contributed by atoms with Gasteiger partial charge in [0.2, 0.25) is 0 Å². The third-order valence-electron chi connectivity index (χ3n) is 10.8. The molecule has 0 saturated heterocycles. The maximum Gasteiger partial charge on any atom is 0.308 e. The van der Waals surface area contributed by atoms with Crippen LogP contribution in [0, 0.1) is 10.8 Å². The molecule has 0 spiro atoms. The predicted molar refractivity (Wildman–Crippen MR) is 302 cm³/mol. The number of methoxy groups -OCH3 is 1. The molecule has 0 fully saturated rings. The van der Waals surface area contributed by atoms with E-state index in [2.05, 4.69) is 156 Å². The van der Waals surface area contributed by atoms with Crippen molar-refractivity contribution < 1.29 is 36.3 Å². The van der Waals surface area contributed by atoms with Gasteiger partial charge < -0.3 is 19.3 Å². The molecule has 392 valence electrons. The molecule has 0 heterocycles. The molecule has 69 heavy (non-hydrogen) atoms. The standard InChI is InChI=1S/C30H50O3.C28H48O2.2CH3BO/c1-24(2)13-12-15-25(3)16-17-27(5)18-21-30(7,8)20-11-10-14-26(4)19-22-33-28(6)23-29(31)32-9;1-23(2)12-11-14-24(3)15-16-26(5)17-20-28(7,8)19-10-9-13-25(4)18-21-30-27(6)22-29;2*1-2-3/h11,13,16,19-20,28H,5,10,12,14-15,17-18,21-23H2,1-4,6-9H3;10,12,15,18-19,27,29H,5,9,11,13-14,16-17,20-22H2,1-4,6-8H3;2*1H3/b20-11+,25-16+,26-19-;19-10+,24-15+,25-18-;;/i2*6D;;. The average molecular weight is 961 g/mol. The summed E-state index contributed by atoms with van der Waals surface area (Å²) in [6.07, 6.45) is 36.8. The molecule has 0 aliphatic rings. The van der Waals surface area contributed by atoms with E-state index in [1.165, 1.54) is 65.3 Å². The zero-order valence-electron chi connectivity index (χ0n) is 49.0. The molecule has 0 aliphatic heterocycles. The van der Waals surface area contributed by atoms with E-state index in [9.17, 15) is 4.79 Å². The summed E-state index contributed by atoms with van der Waals surface area (Å²) in [4.78, 5) is 11.3. The summed E-state index contributed by atoms with van der Waals surface area (Å²) in [5.74, 6) is -0.337. The average Bonchev–Trinajstić information content (AvgIpc) is 3.30. The summed E-state index contributed by atoms with van der Waals surface area (Å²) >= 11 is 0. The number of carbonyl (C=O) groups excluding carboxylic acids is 1. The van der Waals surface area contributed by atoms with Crippen molar-refractivity contribution in [3.63, 3.8) is 0 Å². The molecule has 0 aromatic carbocycles. The molecular weight excluding hydrogens is 854 g/mol. The van der Waals surface area contributed by atoms with Crippen LogP contribution in [0.2, 0.25) is 13.6 Å². The van der Waals surface area contributed by atoms with Gasteiger partial charge in [0.05, 0.1) is 45.6 Å². The molecule has 0 aromatic heterocycles. The number of aliphatic hydroxyl groups is 1. The van der Waals surface area contributed by atoms with Crippen LogP contribution in [0.25, 0.3) is 0 Å². The molecular formula is C60H104B2O7. The summed E-state index contributed by atoms with van der Waals surface area (Å²) in [6, 6.07) is 0. The smallest absolute Gasteiger partial charge is 0.308 e. The Morgan fingerprint density at radius 2 is 0.942 bits per heavy atom. The predicted octanol–water partition coefficient (Wildman–Crippen LogP) is 17.0. The van der Waals surface area contributed by atoms with Crippen molar-refractivity contribution in [1.82, 2.24) is 0 Å². The van der Waals surface area contributed by atoms with Crippen LogP contribution in [0.1, 0.15) is 196 Å². The third kappa shape index (κ3) is 57.0. The van der Waals surface area contributed by atoms with Gasteiger partial charge in [-0.1, -0.05) is 146 Å². The molecule has 0 saturated carbocycles. The van der Waals surface area contributed by atoms with Crippen LogP contribution in [0.4, 0.5) is 0 Å². The third-order valence-corrected chi connectivity index (χ3v) is 10.8. The quantitative estimate of drug-likeness (QED) is 0.0397. The topological polar surface area (TPSA) is 99.1 Å². The number of carbonyl (C=O) groups is 1. The fraction of sp³-hybridized carbons (Fsp3) is 0.650. The van der Waals surface area contributed by atoms with Crippen LogP contribution in [-0.4, -0.2) is 64.5 Å². The van der Waals surface area contributed by atoms with Gasteiger partial charge in [-0.3, -0.25) is 4.79 Å². The number of aliphatic hydroxyl groups excluding tert-OH is 1. The monoisotopic (exact) mass is 961 g/mol. The minimum Gasteiger partial charge on any atom is -0.469 e. The molecule has 0 radical (unpaired) electrons. The van der Waals surface area contributed by atoms with Crippen molar-refractivity contribution >= 4 is 20.3 Å². The number of ether oxygens (including phenoxy) is 3. The van der Waals surface area contributed by atoms with Gasteiger partial charge in [-0.2, -0.15) is 0 Å². The Morgan fingerprint density at radius 1 is 0.594 bits per heavy atom. The maximum absolute atomic E-state index is 11.3. The van der Waals surface area contributed by atoms with E-state index < -0.39 is 6.10 Å². The summed E-state index contributed by atoms with van der Waals surface area (Å²) in [5.41, 5.74) is 11.2. The van der Waals surface area contributed by atoms with Gasteiger partial charge in [0.25, 0.3) is 0 Å². The number of hydrogen-bond donors (Lipinski definition) is 1. The van der Waals surface area contributed by atoms with Gasteiger partial charge in [0, 0.05) is 2.74 Å². The zero-order valence-corrected chi connectivity index (χ0v) is 47.0. The molecule has 0 aliphatic carbocycles. The van der Waals surface area contributed by atoms with E-state index in [4.69, 9.17) is 26.7 Å². The summed E-state index contributed by atoms with van der Waals surface area (Å²) in [6.45, 7) is 38.8. The number of allylic oxidation sites excluding steroid dienone is 16. The molecule has 0 rings (SSSR count). The van der Waals surface area contributed by atoms with E-state index in [-0.39, 0.29) is 49.7 Å². The van der Waals surface area contributed by atoms with Crippen LogP contribution < -0.4 is 0 Å². The first-order chi connectivity index (χ1) is 33.4. The normalized spacial score (nSPS) is 13.4. The van der Waals surface area contributed by atoms with Crippen LogP contribution in [0.3, 0.4) is 0 Å². The largest absolute Gasteiger partial charge is 0.469 e. The van der Waals surface area contributed by atoms with Gasteiger partial charge in [-0.05, 0) is 170 Å². The first-order valence-electron chi connectivity index (χ1n) is 26.7. The van der Waals surface area contributed by atoms with Crippen LogP contribution >= 0.6 is 0 Å². The zero-order chi connectivity index (χ0) is 55.1. The Balaban J connectivity index is -0.000000570. The molecule has 9 heteroatoms. The first kappa shape index (κ1) is 67.6. The fourth-order valence-electron chi connectivity index (χ4n) is 6.05. The fourth-order valence-corrected chi connectivity index (χ4v) is 6.05. The van der Waals surface area contributed by atoms with Gasteiger partial charge in [0.1, 0.15) is 0 Å². The Morgan fingerprint density at radius 3 is 1.28 bits per heavy atom. The number of hydrogen-bond acceptors (Lipinski definition) is 7. The minimum absolute atomic E-state index is 0.0540. The van der Waals surface area contributed by atoms with Crippen molar-refractivity contribution in [3.05, 3.63) is 119 Å². The Bertz CT molecular complexity index is 1680. The van der Waals surface area contributed by atoms with Gasteiger partial charge in [0.15, 0.2) is 0 Å². The van der Waals surface area contributed by atoms with Gasteiger partial charge in [-0.25, -0.2) is 0 Å². The summed E-state index contributed by atoms with van der Waals surface area (Å²) < 4.78 is 48.0. The van der Waals surface area contributed by atoms with Crippen molar-refractivity contribution in [3.8, 4) is 0 Å². The van der Waals surface area contributed by atoms with Gasteiger partial charge in [-0.15, -0.1) is 0 Å². The molecule has 2 unspecified atom stereocenters. The van der Waals surface area contributed by atoms with Crippen molar-refractivity contribution in [2.45, 2.75) is 219 Å². The minimum atomic E-state index is -0.408. The van der Waals surface area contributed by atoms with Crippen LogP contribution in [-0.2, 0) is 28.4 Å². The summed E-state index contributed by atoms with van der Waals surface area (Å²) in [7, 11) is 2.85. The van der Waals surface area contributed by atoms with Crippen LogP contribution in [0.5, 0.6) is 0 Å². The molecule has 0 bridgehead atoms. The Kier molecular flexibility index (Phi) is 45.9. The summed E-state index contributed by atoms with van der Waals surface area (Å²) in [5, 5.41) is 9.04.